The Bertz CT molecular complexity index is 854. The third-order valence-electron chi connectivity index (χ3n) is 4.14. The van der Waals surface area contributed by atoms with Crippen molar-refractivity contribution in [1.29, 1.82) is 0 Å². The molecule has 1 N–H and O–H groups in total. The summed E-state index contributed by atoms with van der Waals surface area (Å²) < 4.78 is 5.87. The highest BCUT2D eigenvalue weighted by Gasteiger charge is 2.19. The van der Waals surface area contributed by atoms with E-state index < -0.39 is 0 Å². The molecule has 0 spiro atoms. The number of benzene rings is 2. The summed E-state index contributed by atoms with van der Waals surface area (Å²) in [6.45, 7) is 2.17. The van der Waals surface area contributed by atoms with Gasteiger partial charge in [-0.05, 0) is 38.2 Å². The van der Waals surface area contributed by atoms with Crippen LogP contribution in [0.3, 0.4) is 0 Å². The zero-order chi connectivity index (χ0) is 18.0. The lowest BCUT2D eigenvalue weighted by molar-refractivity contribution is -0.117. The molecule has 2 aromatic carbocycles. The van der Waals surface area contributed by atoms with Gasteiger partial charge in [-0.2, -0.15) is 0 Å². The van der Waals surface area contributed by atoms with Crippen molar-refractivity contribution >= 4 is 45.8 Å². The molecule has 0 aliphatic carbocycles. The number of nitrogens with one attached hydrogen (secondary N) is 1. The molecule has 3 rings (SSSR count). The predicted octanol–water partition coefficient (Wildman–Crippen LogP) is 5.37. The van der Waals surface area contributed by atoms with E-state index in [4.69, 9.17) is 27.6 Å². The maximum absolute atomic E-state index is 12.3. The fraction of sp³-hybridized carbons (Fsp3) is 0.211. The quantitative estimate of drug-likeness (QED) is 0.650. The van der Waals surface area contributed by atoms with Crippen LogP contribution in [0.5, 0.6) is 0 Å². The van der Waals surface area contributed by atoms with Crippen LogP contribution in [0.4, 0.5) is 5.69 Å². The van der Waals surface area contributed by atoms with Crippen LogP contribution in [0.1, 0.15) is 18.7 Å². The second kappa shape index (κ2) is 7.48. The van der Waals surface area contributed by atoms with Crippen molar-refractivity contribution in [3.05, 3.63) is 64.3 Å². The van der Waals surface area contributed by atoms with Crippen LogP contribution >= 0.6 is 23.2 Å². The third kappa shape index (κ3) is 3.98. The van der Waals surface area contributed by atoms with E-state index in [1.54, 1.807) is 18.2 Å². The Balaban J connectivity index is 1.68. The van der Waals surface area contributed by atoms with Crippen molar-refractivity contribution in [3.8, 4) is 0 Å². The zero-order valence-corrected chi connectivity index (χ0v) is 15.4. The molecule has 1 atom stereocenters. The summed E-state index contributed by atoms with van der Waals surface area (Å²) in [5, 5.41) is 4.64. The van der Waals surface area contributed by atoms with Crippen LogP contribution < -0.4 is 5.32 Å². The second-order valence-corrected chi connectivity index (χ2v) is 6.74. The van der Waals surface area contributed by atoms with E-state index in [2.05, 4.69) is 5.32 Å². The molecule has 0 saturated carbocycles. The topological polar surface area (TPSA) is 45.5 Å². The normalized spacial score (nSPS) is 12.5. The molecule has 0 radical (unpaired) electrons. The van der Waals surface area contributed by atoms with Crippen LogP contribution in [-0.4, -0.2) is 24.4 Å². The van der Waals surface area contributed by atoms with Crippen LogP contribution in [0, 0.1) is 0 Å². The van der Waals surface area contributed by atoms with Gasteiger partial charge in [0.1, 0.15) is 11.3 Å². The van der Waals surface area contributed by atoms with E-state index in [1.165, 1.54) is 0 Å². The lowest BCUT2D eigenvalue weighted by Gasteiger charge is -2.22. The summed E-state index contributed by atoms with van der Waals surface area (Å²) in [6.07, 6.45) is 0. The standard InChI is InChI=1S/C19H18Cl2N2O2/c1-12(17-10-13-6-3-4-9-16(13)25-17)23(2)11-18(24)22-19-14(20)7-5-8-15(19)21/h3-10,12H,11H2,1-2H3,(H,22,24). The maximum atomic E-state index is 12.3. The number of furan rings is 1. The molecule has 4 nitrogen and oxygen atoms in total. The lowest BCUT2D eigenvalue weighted by Crippen LogP contribution is -2.32. The molecular weight excluding hydrogens is 359 g/mol. The molecule has 0 aliphatic heterocycles. The summed E-state index contributed by atoms with van der Waals surface area (Å²) in [5.74, 6) is 0.618. The lowest BCUT2D eigenvalue weighted by atomic mass is 10.2. The SMILES string of the molecule is CC(c1cc2ccccc2o1)N(C)CC(=O)Nc1c(Cl)cccc1Cl. The molecule has 0 saturated heterocycles. The number of hydrogen-bond acceptors (Lipinski definition) is 3. The summed E-state index contributed by atoms with van der Waals surface area (Å²) in [5.41, 5.74) is 1.27. The number of rotatable bonds is 5. The zero-order valence-electron chi connectivity index (χ0n) is 13.9. The highest BCUT2D eigenvalue weighted by Crippen LogP contribution is 2.30. The van der Waals surface area contributed by atoms with E-state index in [9.17, 15) is 4.79 Å². The van der Waals surface area contributed by atoms with Crippen LogP contribution in [0.15, 0.2) is 52.9 Å². The van der Waals surface area contributed by atoms with Gasteiger partial charge in [0.2, 0.25) is 5.91 Å². The second-order valence-electron chi connectivity index (χ2n) is 5.92. The van der Waals surface area contributed by atoms with Gasteiger partial charge in [0.15, 0.2) is 0 Å². The number of carbonyl (C=O) groups excluding carboxylic acids is 1. The van der Waals surface area contributed by atoms with Gasteiger partial charge in [0, 0.05) is 5.39 Å². The van der Waals surface area contributed by atoms with Crippen molar-refractivity contribution < 1.29 is 9.21 Å². The first-order valence-corrected chi connectivity index (χ1v) is 8.64. The molecule has 25 heavy (non-hydrogen) atoms. The van der Waals surface area contributed by atoms with Crippen LogP contribution in [0.2, 0.25) is 10.0 Å². The van der Waals surface area contributed by atoms with Gasteiger partial charge in [0.25, 0.3) is 0 Å². The average Bonchev–Trinajstić information content (AvgIpc) is 3.01. The Kier molecular flexibility index (Phi) is 5.33. The molecule has 0 fully saturated rings. The van der Waals surface area contributed by atoms with Gasteiger partial charge in [-0.3, -0.25) is 9.69 Å². The monoisotopic (exact) mass is 376 g/mol. The Morgan fingerprint density at radius 3 is 2.52 bits per heavy atom. The first kappa shape index (κ1) is 17.8. The maximum Gasteiger partial charge on any atom is 0.238 e. The molecule has 0 bridgehead atoms. The number of amides is 1. The van der Waals surface area contributed by atoms with E-state index >= 15 is 0 Å². The molecule has 1 unspecified atom stereocenters. The molecule has 6 heteroatoms. The summed E-state index contributed by atoms with van der Waals surface area (Å²) >= 11 is 12.2. The number of carbonyl (C=O) groups is 1. The van der Waals surface area contributed by atoms with Crippen molar-refractivity contribution in [1.82, 2.24) is 4.90 Å². The van der Waals surface area contributed by atoms with E-state index in [0.717, 1.165) is 16.7 Å². The first-order valence-electron chi connectivity index (χ1n) is 7.88. The van der Waals surface area contributed by atoms with Crippen molar-refractivity contribution in [2.24, 2.45) is 0 Å². The average molecular weight is 377 g/mol. The number of likely N-dealkylation sites (N-methyl/N-ethyl adjacent to an activating group) is 1. The fourth-order valence-electron chi connectivity index (χ4n) is 2.59. The van der Waals surface area contributed by atoms with E-state index in [-0.39, 0.29) is 18.5 Å². The number of para-hydroxylation sites is 2. The molecule has 1 aromatic heterocycles. The number of halogens is 2. The molecule has 3 aromatic rings. The van der Waals surface area contributed by atoms with Gasteiger partial charge in [-0.15, -0.1) is 0 Å². The largest absolute Gasteiger partial charge is 0.459 e. The number of hydrogen-bond donors (Lipinski definition) is 1. The molecule has 1 amide bonds. The van der Waals surface area contributed by atoms with Crippen LogP contribution in [-0.2, 0) is 4.79 Å². The van der Waals surface area contributed by atoms with Gasteiger partial charge in [0.05, 0.1) is 28.3 Å². The van der Waals surface area contributed by atoms with Gasteiger partial charge in [-0.25, -0.2) is 0 Å². The van der Waals surface area contributed by atoms with Gasteiger partial charge in [-0.1, -0.05) is 47.5 Å². The third-order valence-corrected chi connectivity index (χ3v) is 4.77. The van der Waals surface area contributed by atoms with E-state index in [1.807, 2.05) is 49.2 Å². The Labute approximate surface area is 156 Å². The Morgan fingerprint density at radius 1 is 1.16 bits per heavy atom. The first-order chi connectivity index (χ1) is 12.0. The van der Waals surface area contributed by atoms with Gasteiger partial charge < -0.3 is 9.73 Å². The minimum Gasteiger partial charge on any atom is -0.459 e. The van der Waals surface area contributed by atoms with E-state index in [0.29, 0.717) is 15.7 Å². The van der Waals surface area contributed by atoms with Crippen LogP contribution in [0.25, 0.3) is 11.0 Å². The minimum absolute atomic E-state index is 0.0557. The smallest absolute Gasteiger partial charge is 0.238 e. The van der Waals surface area contributed by atoms with Crippen molar-refractivity contribution in [2.45, 2.75) is 13.0 Å². The molecule has 1 heterocycles. The Morgan fingerprint density at radius 2 is 1.84 bits per heavy atom. The number of anilines is 1. The predicted molar refractivity (Wildman–Crippen MR) is 102 cm³/mol. The number of fused-ring (bicyclic) bond motifs is 1. The van der Waals surface area contributed by atoms with Crippen molar-refractivity contribution in [3.63, 3.8) is 0 Å². The summed E-state index contributed by atoms with van der Waals surface area (Å²) in [4.78, 5) is 14.2. The number of nitrogens with zero attached hydrogens (tertiary/aromatic N) is 1. The summed E-state index contributed by atoms with van der Waals surface area (Å²) in [7, 11) is 1.87. The summed E-state index contributed by atoms with van der Waals surface area (Å²) in [6, 6.07) is 14.9. The molecule has 130 valence electrons. The minimum atomic E-state index is -0.194. The highest BCUT2D eigenvalue weighted by molar-refractivity contribution is 6.39. The molecule has 0 aliphatic rings. The fourth-order valence-corrected chi connectivity index (χ4v) is 3.08. The Hall–Kier alpha value is -2.01. The highest BCUT2D eigenvalue weighted by atomic mass is 35.5. The van der Waals surface area contributed by atoms with Crippen molar-refractivity contribution in [2.75, 3.05) is 18.9 Å². The van der Waals surface area contributed by atoms with Gasteiger partial charge >= 0.3 is 0 Å². The molecular formula is C19H18Cl2N2O2.